The fraction of sp³-hybridized carbons (Fsp3) is 0.244. The number of carbonyl (C=O) groups excluding carboxylic acids is 2. The largest absolute Gasteiger partial charge is 0.481 e. The third kappa shape index (κ3) is 9.84. The average Bonchev–Trinajstić information content (AvgIpc) is 3.79. The van der Waals surface area contributed by atoms with E-state index >= 15 is 0 Å². The summed E-state index contributed by atoms with van der Waals surface area (Å²) in [5, 5.41) is 4.78. The number of H-pyrrole nitrogens is 1. The number of nitrogen functional groups attached to an aromatic ring is 1. The van der Waals surface area contributed by atoms with Crippen LogP contribution in [0.1, 0.15) is 73.4 Å². The van der Waals surface area contributed by atoms with Gasteiger partial charge in [-0.1, -0.05) is 62.5 Å². The van der Waals surface area contributed by atoms with E-state index in [4.69, 9.17) is 45.3 Å². The number of rotatable bonds is 7. The number of ketones is 2. The molecule has 15 heteroatoms. The Balaban J connectivity index is 0.000000167. The number of halogens is 5. The Morgan fingerprint density at radius 1 is 0.700 bits per heavy atom. The molecule has 60 heavy (non-hydrogen) atoms. The third-order valence-electron chi connectivity index (χ3n) is 9.85. The molecular formula is C45H41Cl3F2N6O4. The van der Waals surface area contributed by atoms with E-state index in [1.807, 2.05) is 27.7 Å². The second kappa shape index (κ2) is 18.7. The highest BCUT2D eigenvalue weighted by atomic mass is 35.5. The van der Waals surface area contributed by atoms with Crippen LogP contribution in [0.3, 0.4) is 0 Å². The van der Waals surface area contributed by atoms with Crippen molar-refractivity contribution in [3.63, 3.8) is 0 Å². The minimum Gasteiger partial charge on any atom is -0.481 e. The molecule has 0 unspecified atom stereocenters. The molecule has 8 rings (SSSR count). The van der Waals surface area contributed by atoms with Crippen molar-refractivity contribution >= 4 is 63.4 Å². The van der Waals surface area contributed by atoms with Crippen molar-refractivity contribution in [2.45, 2.75) is 65.2 Å². The number of benzene rings is 2. The van der Waals surface area contributed by atoms with Gasteiger partial charge in [0.2, 0.25) is 5.88 Å². The van der Waals surface area contributed by atoms with Crippen LogP contribution in [0.5, 0.6) is 5.88 Å². The zero-order chi connectivity index (χ0) is 43.4. The molecule has 6 aromatic rings. The number of carbonyl (C=O) groups is 2. The Hall–Kier alpha value is -5.69. The van der Waals surface area contributed by atoms with E-state index in [0.29, 0.717) is 74.8 Å². The molecule has 0 saturated heterocycles. The van der Waals surface area contributed by atoms with Gasteiger partial charge in [0.25, 0.3) is 5.56 Å². The fourth-order valence-electron chi connectivity index (χ4n) is 6.94. The zero-order valence-electron chi connectivity index (χ0n) is 33.4. The molecule has 0 atom stereocenters. The lowest BCUT2D eigenvalue weighted by Crippen LogP contribution is -2.15. The number of nitrogens with zero attached hydrogens (tertiary/aromatic N) is 3. The zero-order valence-corrected chi connectivity index (χ0v) is 35.6. The van der Waals surface area contributed by atoms with Gasteiger partial charge >= 0.3 is 0 Å². The Morgan fingerprint density at radius 3 is 1.83 bits per heavy atom. The highest BCUT2D eigenvalue weighted by molar-refractivity contribution is 6.32. The number of ether oxygens (including phenoxy) is 1. The van der Waals surface area contributed by atoms with Crippen molar-refractivity contribution in [2.24, 2.45) is 0 Å². The van der Waals surface area contributed by atoms with Gasteiger partial charge in [0.1, 0.15) is 23.2 Å². The van der Waals surface area contributed by atoms with Crippen LogP contribution >= 0.6 is 34.8 Å². The summed E-state index contributed by atoms with van der Waals surface area (Å²) in [6.07, 6.45) is 4.85. The van der Waals surface area contributed by atoms with Gasteiger partial charge in [-0.05, 0) is 72.5 Å². The number of nitrogens with one attached hydrogen (secondary N) is 2. The molecule has 0 spiro atoms. The molecule has 10 nitrogen and oxygen atoms in total. The number of hydrogen-bond donors (Lipinski definition) is 3. The lowest BCUT2D eigenvalue weighted by Gasteiger charge is -2.18. The maximum atomic E-state index is 14.4. The van der Waals surface area contributed by atoms with Gasteiger partial charge in [-0.25, -0.2) is 13.8 Å². The number of nitrogens with two attached hydrogens (primary N) is 1. The summed E-state index contributed by atoms with van der Waals surface area (Å²) in [5.41, 5.74) is 13.4. The molecule has 2 aliphatic carbocycles. The summed E-state index contributed by atoms with van der Waals surface area (Å²) in [7, 11) is 1.49. The Labute approximate surface area is 360 Å². The summed E-state index contributed by atoms with van der Waals surface area (Å²) in [4.78, 5) is 51.1. The highest BCUT2D eigenvalue weighted by Crippen LogP contribution is 2.37. The predicted octanol–water partition coefficient (Wildman–Crippen LogP) is 10.4. The number of aromatic amines is 1. The van der Waals surface area contributed by atoms with Crippen LogP contribution in [0.25, 0.3) is 22.3 Å². The second-order valence-electron chi connectivity index (χ2n) is 14.8. The summed E-state index contributed by atoms with van der Waals surface area (Å²) in [6, 6.07) is 15.3. The van der Waals surface area contributed by atoms with Gasteiger partial charge in [0, 0.05) is 92.3 Å². The summed E-state index contributed by atoms with van der Waals surface area (Å²) in [6.45, 7) is 7.88. The van der Waals surface area contributed by atoms with E-state index in [2.05, 4.69) is 25.3 Å². The normalized spacial score (nSPS) is 12.7. The summed E-state index contributed by atoms with van der Waals surface area (Å²) in [5.74, 6) is -0.0921. The van der Waals surface area contributed by atoms with E-state index in [1.165, 1.54) is 43.5 Å². The smallest absolute Gasteiger partial charge is 0.256 e. The topological polar surface area (TPSA) is 153 Å². The molecule has 0 fully saturated rings. The molecule has 0 saturated carbocycles. The van der Waals surface area contributed by atoms with Crippen molar-refractivity contribution in [3.8, 4) is 28.1 Å². The minimum absolute atomic E-state index is 0.0139. The van der Waals surface area contributed by atoms with Crippen molar-refractivity contribution in [2.75, 3.05) is 18.2 Å². The number of hydrogen-bond acceptors (Lipinski definition) is 9. The standard InChI is InChI=1S/C22H19ClFN3O2.C15H16ClFN2O.C8H6ClNO/c1-11(2)21-20(26-18-5-6-25-19-9-13(28)8-16(18)19)10-15(22(29)27-21)14-7-12(23)3-4-17(14)24;1-8(2)14-13(18)7-11(15(19-14)20-3)10-6-9(16)4-5-12(10)17;9-7-1-2-10-8-4-5(11)3-6(7)8/h3-7,10-11H,8-9H2,1-2H3,(H,25,26)(H,27,29);4-8H,18H2,1-3H3;1-2H,3-4H2. The first kappa shape index (κ1) is 43.9. The lowest BCUT2D eigenvalue weighted by atomic mass is 10.0. The number of Topliss-reactive ketones (excluding diaryl/α,β-unsaturated/α-hetero) is 2. The number of pyridine rings is 4. The first-order valence-electron chi connectivity index (χ1n) is 19.0. The molecule has 2 aliphatic rings. The van der Waals surface area contributed by atoms with Crippen LogP contribution in [0.15, 0.2) is 77.9 Å². The third-order valence-corrected chi connectivity index (χ3v) is 10.7. The molecule has 310 valence electrons. The average molecular weight is 874 g/mol. The number of fused-ring (bicyclic) bond motifs is 2. The molecule has 4 heterocycles. The van der Waals surface area contributed by atoms with Crippen LogP contribution in [0.2, 0.25) is 15.1 Å². The quantitative estimate of drug-likeness (QED) is 0.142. The first-order valence-corrected chi connectivity index (χ1v) is 20.1. The van der Waals surface area contributed by atoms with Crippen molar-refractivity contribution in [3.05, 3.63) is 144 Å². The number of anilines is 3. The Kier molecular flexibility index (Phi) is 13.7. The summed E-state index contributed by atoms with van der Waals surface area (Å²) >= 11 is 17.8. The van der Waals surface area contributed by atoms with Gasteiger partial charge in [-0.15, -0.1) is 0 Å². The molecule has 0 aliphatic heterocycles. The van der Waals surface area contributed by atoms with Crippen LogP contribution in [-0.4, -0.2) is 38.6 Å². The van der Waals surface area contributed by atoms with Gasteiger partial charge < -0.3 is 20.8 Å². The first-order chi connectivity index (χ1) is 28.5. The number of methoxy groups -OCH3 is 1. The second-order valence-corrected chi connectivity index (χ2v) is 16.1. The Morgan fingerprint density at radius 2 is 1.27 bits per heavy atom. The SMILES string of the molecule is CC(C)c1[nH]c(=O)c(-c2cc(Cl)ccc2F)cc1Nc1ccnc2c1CC(=O)C2.COc1nc(C(C)C)c(N)cc1-c1cc(Cl)ccc1F.O=C1Cc2nccc(Cl)c2C1. The summed E-state index contributed by atoms with van der Waals surface area (Å²) < 4.78 is 33.6. The van der Waals surface area contributed by atoms with Crippen molar-refractivity contribution < 1.29 is 23.1 Å². The lowest BCUT2D eigenvalue weighted by molar-refractivity contribution is -0.117. The van der Waals surface area contributed by atoms with Crippen LogP contribution in [0, 0.1) is 11.6 Å². The monoisotopic (exact) mass is 872 g/mol. The predicted molar refractivity (Wildman–Crippen MR) is 233 cm³/mol. The minimum atomic E-state index is -0.529. The van der Waals surface area contributed by atoms with Crippen LogP contribution in [-0.2, 0) is 35.3 Å². The van der Waals surface area contributed by atoms with Crippen molar-refractivity contribution in [1.82, 2.24) is 19.9 Å². The van der Waals surface area contributed by atoms with E-state index in [9.17, 15) is 23.2 Å². The van der Waals surface area contributed by atoms with Gasteiger partial charge in [-0.2, -0.15) is 0 Å². The highest BCUT2D eigenvalue weighted by Gasteiger charge is 2.25. The van der Waals surface area contributed by atoms with Crippen LogP contribution in [0.4, 0.5) is 25.8 Å². The maximum absolute atomic E-state index is 14.4. The Bertz CT molecular complexity index is 2690. The van der Waals surface area contributed by atoms with Crippen molar-refractivity contribution in [1.29, 1.82) is 0 Å². The fourth-order valence-corrected chi connectivity index (χ4v) is 7.51. The van der Waals surface area contributed by atoms with Gasteiger partial charge in [0.15, 0.2) is 0 Å². The van der Waals surface area contributed by atoms with Gasteiger partial charge in [0.05, 0.1) is 41.1 Å². The van der Waals surface area contributed by atoms with E-state index in [1.54, 1.807) is 36.7 Å². The van der Waals surface area contributed by atoms with E-state index in [0.717, 1.165) is 33.9 Å². The van der Waals surface area contributed by atoms with E-state index in [-0.39, 0.29) is 34.5 Å². The molecule has 2 aromatic carbocycles. The molecule has 4 N–H and O–H groups in total. The van der Waals surface area contributed by atoms with E-state index < -0.39 is 17.2 Å². The maximum Gasteiger partial charge on any atom is 0.256 e. The number of aromatic nitrogens is 4. The molecule has 0 radical (unpaired) electrons. The van der Waals surface area contributed by atoms with Crippen LogP contribution < -0.4 is 21.3 Å². The molecule has 0 amide bonds. The molecular weight excluding hydrogens is 833 g/mol. The molecule has 0 bridgehead atoms. The molecule has 4 aromatic heterocycles. The van der Waals surface area contributed by atoms with Gasteiger partial charge in [-0.3, -0.25) is 24.4 Å².